The molecular formula is C19H22N6O4S3. The smallest absolute Gasteiger partial charge is 0.284 e. The SMILES string of the molecule is CN1CCN(S(=O)(=O)c2ccc(Sc3nnc(Cc4cccs4)n3C)c([N+](=O)[O-])c2)CC1. The van der Waals surface area contributed by atoms with Crippen LogP contribution in [0.2, 0.25) is 0 Å². The van der Waals surface area contributed by atoms with E-state index in [0.717, 1.165) is 28.5 Å². The van der Waals surface area contributed by atoms with Crippen LogP contribution in [0.5, 0.6) is 0 Å². The summed E-state index contributed by atoms with van der Waals surface area (Å²) in [5.41, 5.74) is -0.270. The molecule has 0 aliphatic carbocycles. The first-order chi connectivity index (χ1) is 15.3. The van der Waals surface area contributed by atoms with Gasteiger partial charge in [-0.25, -0.2) is 8.42 Å². The molecule has 1 aliphatic heterocycles. The Hall–Kier alpha value is -2.32. The fourth-order valence-corrected chi connectivity index (χ4v) is 6.36. The Morgan fingerprint density at radius 3 is 2.56 bits per heavy atom. The molecule has 1 aromatic carbocycles. The van der Waals surface area contributed by atoms with Gasteiger partial charge in [-0.1, -0.05) is 6.07 Å². The van der Waals surface area contributed by atoms with E-state index < -0.39 is 14.9 Å². The lowest BCUT2D eigenvalue weighted by molar-refractivity contribution is -0.388. The van der Waals surface area contributed by atoms with E-state index in [1.807, 2.05) is 36.5 Å². The molecule has 3 heterocycles. The number of hydrogen-bond donors (Lipinski definition) is 0. The number of nitro benzene ring substituents is 1. The minimum atomic E-state index is -3.80. The van der Waals surface area contributed by atoms with Gasteiger partial charge in [0, 0.05) is 50.6 Å². The molecule has 1 aliphatic rings. The predicted octanol–water partition coefficient (Wildman–Crippen LogP) is 2.46. The molecule has 0 spiro atoms. The minimum Gasteiger partial charge on any atom is -0.309 e. The van der Waals surface area contributed by atoms with Crippen LogP contribution in [0, 0.1) is 10.1 Å². The molecular weight excluding hydrogens is 472 g/mol. The van der Waals surface area contributed by atoms with E-state index in [9.17, 15) is 18.5 Å². The quantitative estimate of drug-likeness (QED) is 0.363. The lowest BCUT2D eigenvalue weighted by Gasteiger charge is -2.31. The highest BCUT2D eigenvalue weighted by Gasteiger charge is 2.30. The molecule has 1 fully saturated rings. The standard InChI is InChI=1S/C19H22N6O4S3/c1-22-7-9-24(10-8-22)32(28,29)15-5-6-17(16(13-15)25(26)27)31-19-21-20-18(23(19)2)12-14-4-3-11-30-14/h3-6,11,13H,7-10,12H2,1-2H3. The number of hydrogen-bond acceptors (Lipinski definition) is 9. The molecule has 0 saturated carbocycles. The van der Waals surface area contributed by atoms with E-state index in [2.05, 4.69) is 10.2 Å². The minimum absolute atomic E-state index is 0.0746. The van der Waals surface area contributed by atoms with Crippen LogP contribution in [0.15, 0.2) is 50.7 Å². The van der Waals surface area contributed by atoms with E-state index in [4.69, 9.17) is 0 Å². The second-order valence-electron chi connectivity index (χ2n) is 7.41. The zero-order valence-electron chi connectivity index (χ0n) is 17.5. The molecule has 32 heavy (non-hydrogen) atoms. The van der Waals surface area contributed by atoms with Crippen LogP contribution in [0.1, 0.15) is 10.7 Å². The van der Waals surface area contributed by atoms with Crippen LogP contribution in [0.25, 0.3) is 0 Å². The van der Waals surface area contributed by atoms with Gasteiger partial charge in [0.1, 0.15) is 5.82 Å². The summed E-state index contributed by atoms with van der Waals surface area (Å²) in [5, 5.41) is 22.6. The summed E-state index contributed by atoms with van der Waals surface area (Å²) < 4.78 is 29.2. The number of rotatable bonds is 7. The van der Waals surface area contributed by atoms with E-state index in [1.165, 1.54) is 16.4 Å². The number of nitro groups is 1. The maximum atomic E-state index is 13.0. The van der Waals surface area contributed by atoms with Gasteiger partial charge in [0.15, 0.2) is 5.16 Å². The molecule has 4 rings (SSSR count). The summed E-state index contributed by atoms with van der Waals surface area (Å²) in [5.74, 6) is 0.742. The molecule has 3 aromatic rings. The highest BCUT2D eigenvalue weighted by atomic mass is 32.2. The van der Waals surface area contributed by atoms with E-state index in [1.54, 1.807) is 15.9 Å². The lowest BCUT2D eigenvalue weighted by atomic mass is 10.3. The maximum Gasteiger partial charge on any atom is 0.284 e. The molecule has 0 bridgehead atoms. The van der Waals surface area contributed by atoms with Crippen molar-refractivity contribution in [1.29, 1.82) is 0 Å². The Kier molecular flexibility index (Phi) is 6.62. The molecule has 13 heteroatoms. The molecule has 1 saturated heterocycles. The van der Waals surface area contributed by atoms with Gasteiger partial charge in [-0.15, -0.1) is 21.5 Å². The topological polar surface area (TPSA) is 114 Å². The number of benzene rings is 1. The third-order valence-corrected chi connectivity index (χ3v) is 9.14. The van der Waals surface area contributed by atoms with Crippen LogP contribution in [0.4, 0.5) is 5.69 Å². The Morgan fingerprint density at radius 1 is 1.16 bits per heavy atom. The third kappa shape index (κ3) is 4.71. The van der Waals surface area contributed by atoms with Gasteiger partial charge in [0.25, 0.3) is 5.69 Å². The first kappa shape index (κ1) is 22.9. The van der Waals surface area contributed by atoms with E-state index in [0.29, 0.717) is 42.7 Å². The van der Waals surface area contributed by atoms with Crippen molar-refractivity contribution in [1.82, 2.24) is 24.0 Å². The van der Waals surface area contributed by atoms with Crippen LogP contribution in [-0.4, -0.2) is 70.5 Å². The van der Waals surface area contributed by atoms with Crippen LogP contribution in [-0.2, 0) is 23.5 Å². The van der Waals surface area contributed by atoms with Crippen molar-refractivity contribution in [3.05, 3.63) is 56.5 Å². The molecule has 0 N–H and O–H groups in total. The fourth-order valence-electron chi connectivity index (χ4n) is 3.32. The Morgan fingerprint density at radius 2 is 1.91 bits per heavy atom. The third-order valence-electron chi connectivity index (χ3n) is 5.27. The normalized spacial score (nSPS) is 15.8. The lowest BCUT2D eigenvalue weighted by Crippen LogP contribution is -2.47. The van der Waals surface area contributed by atoms with Crippen molar-refractivity contribution in [3.8, 4) is 0 Å². The summed E-state index contributed by atoms with van der Waals surface area (Å²) in [6.45, 7) is 1.95. The van der Waals surface area contributed by atoms with Crippen LogP contribution >= 0.6 is 23.1 Å². The summed E-state index contributed by atoms with van der Waals surface area (Å²) in [7, 11) is -0.0647. The molecule has 0 amide bonds. The van der Waals surface area contributed by atoms with Crippen molar-refractivity contribution in [3.63, 3.8) is 0 Å². The van der Waals surface area contributed by atoms with Crippen LogP contribution in [0.3, 0.4) is 0 Å². The zero-order chi connectivity index (χ0) is 22.9. The van der Waals surface area contributed by atoms with Gasteiger partial charge in [-0.2, -0.15) is 4.31 Å². The predicted molar refractivity (Wildman–Crippen MR) is 122 cm³/mol. The first-order valence-corrected chi connectivity index (χ1v) is 12.9. The fraction of sp³-hybridized carbons (Fsp3) is 0.368. The van der Waals surface area contributed by atoms with Crippen LogP contribution < -0.4 is 0 Å². The van der Waals surface area contributed by atoms with Gasteiger partial charge in [0.2, 0.25) is 10.0 Å². The average molecular weight is 495 g/mol. The van der Waals surface area contributed by atoms with Crippen molar-refractivity contribution in [2.45, 2.75) is 21.4 Å². The summed E-state index contributed by atoms with van der Waals surface area (Å²) in [6, 6.07) is 8.01. The largest absolute Gasteiger partial charge is 0.309 e. The van der Waals surface area contributed by atoms with Crippen molar-refractivity contribution >= 4 is 38.8 Å². The maximum absolute atomic E-state index is 13.0. The molecule has 2 aromatic heterocycles. The van der Waals surface area contributed by atoms with Gasteiger partial charge in [-0.3, -0.25) is 10.1 Å². The van der Waals surface area contributed by atoms with E-state index in [-0.39, 0.29) is 10.6 Å². The summed E-state index contributed by atoms with van der Waals surface area (Å²) in [4.78, 5) is 14.6. The Labute approximate surface area is 194 Å². The van der Waals surface area contributed by atoms with Crippen molar-refractivity contribution in [2.75, 3.05) is 33.2 Å². The second-order valence-corrected chi connectivity index (χ2v) is 11.4. The highest BCUT2D eigenvalue weighted by Crippen LogP contribution is 2.36. The number of aromatic nitrogens is 3. The number of sulfonamides is 1. The number of piperazine rings is 1. The van der Waals surface area contributed by atoms with Crippen molar-refractivity contribution in [2.24, 2.45) is 7.05 Å². The molecule has 0 radical (unpaired) electrons. The average Bonchev–Trinajstić information content (AvgIpc) is 3.40. The Balaban J connectivity index is 1.59. The van der Waals surface area contributed by atoms with Gasteiger partial charge in [0.05, 0.1) is 14.7 Å². The van der Waals surface area contributed by atoms with E-state index >= 15 is 0 Å². The van der Waals surface area contributed by atoms with Gasteiger partial charge >= 0.3 is 0 Å². The summed E-state index contributed by atoms with van der Waals surface area (Å²) >= 11 is 2.71. The number of likely N-dealkylation sites (N-methyl/N-ethyl adjacent to an activating group) is 1. The van der Waals surface area contributed by atoms with Gasteiger partial charge < -0.3 is 9.47 Å². The zero-order valence-corrected chi connectivity index (χ0v) is 20.0. The second kappa shape index (κ2) is 9.27. The van der Waals surface area contributed by atoms with Crippen molar-refractivity contribution < 1.29 is 13.3 Å². The molecule has 170 valence electrons. The molecule has 10 nitrogen and oxygen atoms in total. The Bertz CT molecular complexity index is 1220. The molecule has 0 atom stereocenters. The summed E-state index contributed by atoms with van der Waals surface area (Å²) in [6.07, 6.45) is 0.617. The highest BCUT2D eigenvalue weighted by molar-refractivity contribution is 7.99. The number of nitrogens with zero attached hydrogens (tertiary/aromatic N) is 6. The number of thiophene rings is 1. The monoisotopic (exact) mass is 494 g/mol. The first-order valence-electron chi connectivity index (χ1n) is 9.81. The van der Waals surface area contributed by atoms with Gasteiger partial charge in [-0.05, 0) is 42.4 Å². The molecule has 0 unspecified atom stereocenters.